The van der Waals surface area contributed by atoms with Crippen LogP contribution in [0.25, 0.3) is 0 Å². The first kappa shape index (κ1) is 24.1. The number of halogens is 2. The lowest BCUT2D eigenvalue weighted by molar-refractivity contribution is -0.250. The summed E-state index contributed by atoms with van der Waals surface area (Å²) >= 11 is 10.6. The van der Waals surface area contributed by atoms with Gasteiger partial charge in [0.15, 0.2) is 4.77 Å². The van der Waals surface area contributed by atoms with E-state index in [0.29, 0.717) is 4.57 Å². The molecule has 9 nitrogen and oxygen atoms in total. The average Bonchev–Trinajstić information content (AvgIpc) is 2.79. The van der Waals surface area contributed by atoms with Gasteiger partial charge in [0.25, 0.3) is 11.4 Å². The van der Waals surface area contributed by atoms with E-state index < -0.39 is 62.4 Å². The maximum absolute atomic E-state index is 15.6. The highest BCUT2D eigenvalue weighted by Crippen LogP contribution is 2.46. The second kappa shape index (κ2) is 7.82. The Labute approximate surface area is 178 Å². The van der Waals surface area contributed by atoms with Gasteiger partial charge in [-0.05, 0) is 18.1 Å². The van der Waals surface area contributed by atoms with Crippen molar-refractivity contribution in [3.05, 3.63) is 26.3 Å². The van der Waals surface area contributed by atoms with Crippen molar-refractivity contribution in [1.29, 1.82) is 0 Å². The molecule has 0 aromatic carbocycles. The van der Waals surface area contributed by atoms with Crippen LogP contribution in [0.4, 0.5) is 4.39 Å². The normalized spacial score (nSPS) is 31.0. The minimum Gasteiger partial charge on any atom is -0.473 e. The van der Waals surface area contributed by atoms with Gasteiger partial charge in [0, 0.05) is 6.20 Å². The largest absolute Gasteiger partial charge is 0.473 e. The van der Waals surface area contributed by atoms with E-state index >= 15 is 4.39 Å². The van der Waals surface area contributed by atoms with Crippen molar-refractivity contribution in [2.45, 2.75) is 49.0 Å². The quantitative estimate of drug-likeness (QED) is 0.240. The molecule has 0 amide bonds. The fraction of sp³-hybridized carbons (Fsp3) is 0.643. The van der Waals surface area contributed by atoms with Crippen LogP contribution in [0.2, 0.25) is 5.02 Å². The van der Waals surface area contributed by atoms with E-state index in [1.165, 1.54) is 0 Å². The number of nitrogens with two attached hydrogens (primary N) is 1. The van der Waals surface area contributed by atoms with Crippen molar-refractivity contribution in [3.63, 3.8) is 0 Å². The van der Waals surface area contributed by atoms with Crippen LogP contribution in [0.15, 0.2) is 11.0 Å². The minimum absolute atomic E-state index is 0.413. The van der Waals surface area contributed by atoms with Gasteiger partial charge in [-0.25, -0.2) is 4.39 Å². The number of aromatic nitrogens is 2. The molecule has 1 aliphatic heterocycles. The zero-order valence-corrected chi connectivity index (χ0v) is 16.9. The lowest BCUT2D eigenvalue weighted by atomic mass is 9.59. The number of alkyl halides is 1. The van der Waals surface area contributed by atoms with E-state index in [9.17, 15) is 19.8 Å². The number of aliphatic hydroxyl groups excluding tert-OH is 2. The molecular weight excluding hydrogens is 425 g/mol. The van der Waals surface area contributed by atoms with Crippen LogP contribution < -0.4 is 11.3 Å². The number of rotatable bonds is 5. The van der Waals surface area contributed by atoms with E-state index in [2.05, 4.69) is 4.98 Å². The van der Waals surface area contributed by atoms with Gasteiger partial charge in [0.05, 0.1) is 5.40 Å². The topological polar surface area (TPSA) is 140 Å². The molecule has 1 aromatic heterocycles. The van der Waals surface area contributed by atoms with E-state index in [4.69, 9.17) is 62.6 Å². The first-order valence-electron chi connectivity index (χ1n) is 8.20. The van der Waals surface area contributed by atoms with Gasteiger partial charge in [-0.2, -0.15) is 0 Å². The summed E-state index contributed by atoms with van der Waals surface area (Å²) in [5.74, 6) is -5.22. The Morgan fingerprint density at radius 3 is 2.59 bits per heavy atom. The standard InChI is InChI=1S/C14H16B3ClFN3O6S/c1-4(2)6(20)10(26)27-14(16,17)12(19)7(23)8(24)13(15,28-12)22-3-5(18)9(25)21-11(22)29/h3-4,6-8,23-24H,20H2,1-2H3,(H,21,25,29)/t6-,7-,8+,12-,13-/m0/s1. The molecule has 1 aromatic rings. The average molecular weight is 441 g/mol. The van der Waals surface area contributed by atoms with Crippen molar-refractivity contribution in [1.82, 2.24) is 9.55 Å². The lowest BCUT2D eigenvalue weighted by Crippen LogP contribution is -2.62. The molecule has 0 unspecified atom stereocenters. The third kappa shape index (κ3) is 3.93. The minimum atomic E-state index is -3.62. The van der Waals surface area contributed by atoms with Crippen LogP contribution in [0.3, 0.4) is 0 Å². The van der Waals surface area contributed by atoms with Crippen molar-refractivity contribution >= 4 is 53.3 Å². The molecule has 0 spiro atoms. The number of aliphatic hydroxyl groups is 2. The molecule has 15 heteroatoms. The van der Waals surface area contributed by atoms with Crippen LogP contribution in [-0.4, -0.2) is 78.8 Å². The number of hydrogen-bond acceptors (Lipinski definition) is 8. The fourth-order valence-corrected chi connectivity index (χ4v) is 3.01. The second-order valence-electron chi connectivity index (χ2n) is 6.98. The number of carbonyl (C=O) groups excluding carboxylic acids is 1. The van der Waals surface area contributed by atoms with Crippen molar-refractivity contribution in [2.24, 2.45) is 11.7 Å². The highest BCUT2D eigenvalue weighted by atomic mass is 35.5. The smallest absolute Gasteiger partial charge is 0.322 e. The molecule has 5 N–H and O–H groups in total. The number of ether oxygens (including phenoxy) is 2. The lowest BCUT2D eigenvalue weighted by Gasteiger charge is -2.41. The Morgan fingerprint density at radius 1 is 1.52 bits per heavy atom. The van der Waals surface area contributed by atoms with Gasteiger partial charge in [0.2, 0.25) is 0 Å². The molecule has 2 heterocycles. The maximum Gasteiger partial charge on any atom is 0.322 e. The molecule has 0 saturated carbocycles. The summed E-state index contributed by atoms with van der Waals surface area (Å²) in [7, 11) is 17.1. The van der Waals surface area contributed by atoms with Crippen molar-refractivity contribution < 1.29 is 28.9 Å². The zero-order chi connectivity index (χ0) is 22.5. The van der Waals surface area contributed by atoms with Gasteiger partial charge < -0.3 is 30.0 Å². The summed E-state index contributed by atoms with van der Waals surface area (Å²) in [5, 5.41) is 17.1. The van der Waals surface area contributed by atoms with Crippen molar-refractivity contribution in [2.75, 3.05) is 0 Å². The molecule has 1 aliphatic rings. The Hall–Kier alpha value is -1.18. The third-order valence-corrected chi connectivity index (χ3v) is 5.05. The van der Waals surface area contributed by atoms with Crippen LogP contribution in [0.1, 0.15) is 13.8 Å². The molecule has 6 radical (unpaired) electrons. The molecule has 5 atom stereocenters. The second-order valence-corrected chi connectivity index (χ2v) is 7.77. The summed E-state index contributed by atoms with van der Waals surface area (Å²) in [6.45, 7) is 3.17. The number of H-pyrrole nitrogens is 1. The van der Waals surface area contributed by atoms with E-state index in [0.717, 1.165) is 6.20 Å². The number of hydrogen-bond donors (Lipinski definition) is 4. The van der Waals surface area contributed by atoms with Gasteiger partial charge in [0.1, 0.15) is 52.4 Å². The Bertz CT molecular complexity index is 933. The van der Waals surface area contributed by atoms with Gasteiger partial charge in [-0.1, -0.05) is 25.4 Å². The predicted molar refractivity (Wildman–Crippen MR) is 105 cm³/mol. The van der Waals surface area contributed by atoms with Gasteiger partial charge in [-0.15, -0.1) is 0 Å². The van der Waals surface area contributed by atoms with Crippen LogP contribution in [0, 0.1) is 10.7 Å². The molecule has 0 aliphatic carbocycles. The highest BCUT2D eigenvalue weighted by Gasteiger charge is 2.68. The van der Waals surface area contributed by atoms with Gasteiger partial charge >= 0.3 is 5.97 Å². The maximum atomic E-state index is 15.6. The molecule has 152 valence electrons. The van der Waals surface area contributed by atoms with E-state index in [-0.39, 0.29) is 0 Å². The zero-order valence-electron chi connectivity index (χ0n) is 15.3. The molecule has 1 saturated heterocycles. The molecule has 29 heavy (non-hydrogen) atoms. The summed E-state index contributed by atoms with van der Waals surface area (Å²) in [5.41, 5.74) is 2.18. The predicted octanol–water partition coefficient (Wildman–Crippen LogP) is -1.73. The van der Waals surface area contributed by atoms with Crippen LogP contribution >= 0.6 is 23.8 Å². The van der Waals surface area contributed by atoms with E-state index in [1.807, 2.05) is 0 Å². The van der Waals surface area contributed by atoms with Crippen LogP contribution in [-0.2, 0) is 19.9 Å². The highest BCUT2D eigenvalue weighted by molar-refractivity contribution is 7.71. The first-order valence-corrected chi connectivity index (χ1v) is 8.99. The van der Waals surface area contributed by atoms with Crippen LogP contribution in [0.5, 0.6) is 0 Å². The third-order valence-electron chi connectivity index (χ3n) is 4.48. The monoisotopic (exact) mass is 441 g/mol. The molecule has 2 rings (SSSR count). The number of carbonyl (C=O) groups is 1. The molecule has 1 fully saturated rings. The Morgan fingerprint density at radius 2 is 2.07 bits per heavy atom. The summed E-state index contributed by atoms with van der Waals surface area (Å²) in [6.07, 6.45) is -3.91. The Balaban J connectivity index is 2.48. The summed E-state index contributed by atoms with van der Waals surface area (Å²) in [6, 6.07) is -1.22. The SMILES string of the molecule is [B]C([B])(OC(=O)[C@@H](N)C(C)C)[C@@]1(F)O[C@@]([B])(n2cc(Cl)c(=O)[nH]c2=S)[C@H](O)[C@@H]1O. The molecular formula is C14H16B3ClFN3O6S. The van der Waals surface area contributed by atoms with Crippen molar-refractivity contribution in [3.8, 4) is 0 Å². The Kier molecular flexibility index (Phi) is 6.50. The summed E-state index contributed by atoms with van der Waals surface area (Å²) < 4.78 is 25.6. The number of nitrogens with zero attached hydrogens (tertiary/aromatic N) is 1. The van der Waals surface area contributed by atoms with E-state index in [1.54, 1.807) is 13.8 Å². The molecule has 0 bridgehead atoms. The van der Waals surface area contributed by atoms with Gasteiger partial charge in [-0.3, -0.25) is 14.6 Å². The number of nitrogens with one attached hydrogen (secondary N) is 1. The summed E-state index contributed by atoms with van der Waals surface area (Å²) in [4.78, 5) is 25.7. The number of esters is 1. The fourth-order valence-electron chi connectivity index (χ4n) is 2.57. The first-order chi connectivity index (χ1) is 13.1. The number of aromatic amines is 1.